The first-order valence-corrected chi connectivity index (χ1v) is 10.2. The van der Waals surface area contributed by atoms with Crippen molar-refractivity contribution in [3.8, 4) is 0 Å². The molecule has 1 amide bonds. The number of rotatable bonds is 5. The first-order valence-electron chi connectivity index (χ1n) is 10.2. The first kappa shape index (κ1) is 20.1. The standard InChI is InChI=1S/C22H31N5O/c1-6-25(7-2)21(28)19-15-17(4)23-22(24-19)27-13-11-26(12-14-27)20-10-8-9-16(3)18(20)5/h8-10,15H,6-7,11-14H2,1-5H3. The van der Waals surface area contributed by atoms with Crippen LogP contribution in [-0.4, -0.2) is 60.0 Å². The zero-order valence-corrected chi connectivity index (χ0v) is 17.7. The molecule has 1 aromatic heterocycles. The summed E-state index contributed by atoms with van der Waals surface area (Å²) in [6.07, 6.45) is 0. The number of piperazine rings is 1. The number of aryl methyl sites for hydroxylation is 2. The third kappa shape index (κ3) is 4.11. The molecule has 1 aliphatic rings. The zero-order valence-electron chi connectivity index (χ0n) is 17.7. The van der Waals surface area contributed by atoms with E-state index in [-0.39, 0.29) is 5.91 Å². The van der Waals surface area contributed by atoms with Crippen LogP contribution in [0, 0.1) is 20.8 Å². The van der Waals surface area contributed by atoms with Gasteiger partial charge in [-0.15, -0.1) is 0 Å². The molecule has 6 heteroatoms. The van der Waals surface area contributed by atoms with Crippen LogP contribution in [0.1, 0.15) is 41.2 Å². The lowest BCUT2D eigenvalue weighted by atomic mass is 10.1. The van der Waals surface area contributed by atoms with Gasteiger partial charge in [-0.3, -0.25) is 4.79 Å². The van der Waals surface area contributed by atoms with Gasteiger partial charge in [0.15, 0.2) is 0 Å². The molecule has 0 aliphatic carbocycles. The molecule has 0 radical (unpaired) electrons. The quantitative estimate of drug-likeness (QED) is 0.796. The van der Waals surface area contributed by atoms with E-state index in [4.69, 9.17) is 0 Å². The highest BCUT2D eigenvalue weighted by Gasteiger charge is 2.23. The summed E-state index contributed by atoms with van der Waals surface area (Å²) < 4.78 is 0. The molecular formula is C22H31N5O. The van der Waals surface area contributed by atoms with E-state index in [1.54, 1.807) is 11.0 Å². The highest BCUT2D eigenvalue weighted by molar-refractivity contribution is 5.92. The molecule has 0 atom stereocenters. The summed E-state index contributed by atoms with van der Waals surface area (Å²) in [4.78, 5) is 28.3. The van der Waals surface area contributed by atoms with E-state index in [1.165, 1.54) is 16.8 Å². The minimum absolute atomic E-state index is 0.0224. The van der Waals surface area contributed by atoms with E-state index in [0.717, 1.165) is 31.9 Å². The molecule has 0 bridgehead atoms. The number of carbonyl (C=O) groups is 1. The van der Waals surface area contributed by atoms with Crippen LogP contribution in [0.3, 0.4) is 0 Å². The summed E-state index contributed by atoms with van der Waals surface area (Å²) in [6, 6.07) is 8.27. The minimum Gasteiger partial charge on any atom is -0.368 e. The summed E-state index contributed by atoms with van der Waals surface area (Å²) >= 11 is 0. The predicted octanol–water partition coefficient (Wildman–Crippen LogP) is 3.21. The summed E-state index contributed by atoms with van der Waals surface area (Å²) in [5.74, 6) is 0.641. The van der Waals surface area contributed by atoms with Gasteiger partial charge < -0.3 is 14.7 Å². The van der Waals surface area contributed by atoms with Crippen LogP contribution in [0.2, 0.25) is 0 Å². The van der Waals surface area contributed by atoms with E-state index in [1.807, 2.05) is 20.8 Å². The second-order valence-electron chi connectivity index (χ2n) is 7.37. The molecular weight excluding hydrogens is 350 g/mol. The van der Waals surface area contributed by atoms with Crippen LogP contribution in [0.25, 0.3) is 0 Å². The number of benzene rings is 1. The van der Waals surface area contributed by atoms with Gasteiger partial charge in [-0.25, -0.2) is 9.97 Å². The smallest absolute Gasteiger partial charge is 0.272 e. The molecule has 150 valence electrons. The van der Waals surface area contributed by atoms with E-state index in [2.05, 4.69) is 51.8 Å². The topological polar surface area (TPSA) is 52.6 Å². The Bertz CT molecular complexity index is 839. The lowest BCUT2D eigenvalue weighted by molar-refractivity contribution is 0.0767. The SMILES string of the molecule is CCN(CC)C(=O)c1cc(C)nc(N2CCN(c3cccc(C)c3C)CC2)n1. The molecule has 0 saturated carbocycles. The first-order chi connectivity index (χ1) is 13.4. The Morgan fingerprint density at radius 1 is 1.00 bits per heavy atom. The van der Waals surface area contributed by atoms with Crippen molar-refractivity contribution >= 4 is 17.5 Å². The highest BCUT2D eigenvalue weighted by Crippen LogP contribution is 2.24. The van der Waals surface area contributed by atoms with E-state index < -0.39 is 0 Å². The summed E-state index contributed by atoms with van der Waals surface area (Å²) in [5, 5.41) is 0. The third-order valence-corrected chi connectivity index (χ3v) is 5.59. The highest BCUT2D eigenvalue weighted by atomic mass is 16.2. The number of carbonyl (C=O) groups excluding carboxylic acids is 1. The Balaban J connectivity index is 1.75. The van der Waals surface area contributed by atoms with E-state index in [9.17, 15) is 4.79 Å². The fourth-order valence-electron chi connectivity index (χ4n) is 3.70. The molecule has 1 aliphatic heterocycles. The van der Waals surface area contributed by atoms with Crippen molar-refractivity contribution in [3.05, 3.63) is 46.8 Å². The zero-order chi connectivity index (χ0) is 20.3. The molecule has 2 aromatic rings. The second kappa shape index (κ2) is 8.59. The number of nitrogens with zero attached hydrogens (tertiary/aromatic N) is 5. The third-order valence-electron chi connectivity index (χ3n) is 5.59. The predicted molar refractivity (Wildman–Crippen MR) is 114 cm³/mol. The Hall–Kier alpha value is -2.63. The van der Waals surface area contributed by atoms with Gasteiger partial charge in [0, 0.05) is 50.6 Å². The fourth-order valence-corrected chi connectivity index (χ4v) is 3.70. The molecule has 28 heavy (non-hydrogen) atoms. The van der Waals surface area contributed by atoms with Crippen LogP contribution >= 0.6 is 0 Å². The van der Waals surface area contributed by atoms with Crippen molar-refractivity contribution in [2.24, 2.45) is 0 Å². The molecule has 0 spiro atoms. The van der Waals surface area contributed by atoms with Crippen LogP contribution in [-0.2, 0) is 0 Å². The van der Waals surface area contributed by atoms with Gasteiger partial charge in [0.2, 0.25) is 5.95 Å². The van der Waals surface area contributed by atoms with E-state index in [0.29, 0.717) is 24.7 Å². The van der Waals surface area contributed by atoms with Gasteiger partial charge in [-0.05, 0) is 57.9 Å². The summed E-state index contributed by atoms with van der Waals surface area (Å²) in [5.41, 5.74) is 5.29. The normalized spacial score (nSPS) is 14.3. The Morgan fingerprint density at radius 3 is 2.29 bits per heavy atom. The molecule has 0 N–H and O–H groups in total. The van der Waals surface area contributed by atoms with Crippen molar-refractivity contribution < 1.29 is 4.79 Å². The number of aromatic nitrogens is 2. The van der Waals surface area contributed by atoms with Crippen molar-refractivity contribution in [3.63, 3.8) is 0 Å². The number of amides is 1. The molecule has 2 heterocycles. The Morgan fingerprint density at radius 2 is 1.64 bits per heavy atom. The molecule has 6 nitrogen and oxygen atoms in total. The van der Waals surface area contributed by atoms with Gasteiger partial charge in [0.1, 0.15) is 5.69 Å². The number of hydrogen-bond donors (Lipinski definition) is 0. The monoisotopic (exact) mass is 381 g/mol. The fraction of sp³-hybridized carbons (Fsp3) is 0.500. The molecule has 1 saturated heterocycles. The number of hydrogen-bond acceptors (Lipinski definition) is 5. The number of anilines is 2. The van der Waals surface area contributed by atoms with Crippen molar-refractivity contribution in [2.45, 2.75) is 34.6 Å². The second-order valence-corrected chi connectivity index (χ2v) is 7.37. The van der Waals surface area contributed by atoms with E-state index >= 15 is 0 Å². The summed E-state index contributed by atoms with van der Waals surface area (Å²) in [7, 11) is 0. The maximum Gasteiger partial charge on any atom is 0.272 e. The average molecular weight is 382 g/mol. The van der Waals surface area contributed by atoms with Crippen LogP contribution in [0.5, 0.6) is 0 Å². The largest absolute Gasteiger partial charge is 0.368 e. The van der Waals surface area contributed by atoms with Crippen molar-refractivity contribution in [1.82, 2.24) is 14.9 Å². The lowest BCUT2D eigenvalue weighted by Gasteiger charge is -2.37. The molecule has 0 unspecified atom stereocenters. The Kier molecular flexibility index (Phi) is 6.17. The summed E-state index contributed by atoms with van der Waals surface area (Å²) in [6.45, 7) is 15.1. The minimum atomic E-state index is -0.0224. The van der Waals surface area contributed by atoms with Crippen LogP contribution in [0.15, 0.2) is 24.3 Å². The molecule has 3 rings (SSSR count). The Labute approximate surface area is 168 Å². The lowest BCUT2D eigenvalue weighted by Crippen LogP contribution is -2.47. The van der Waals surface area contributed by atoms with Gasteiger partial charge in [0.05, 0.1) is 0 Å². The molecule has 1 aromatic carbocycles. The van der Waals surface area contributed by atoms with Crippen LogP contribution < -0.4 is 9.80 Å². The van der Waals surface area contributed by atoms with Gasteiger partial charge in [-0.1, -0.05) is 12.1 Å². The van der Waals surface area contributed by atoms with Gasteiger partial charge in [-0.2, -0.15) is 0 Å². The average Bonchev–Trinajstić information content (AvgIpc) is 2.70. The maximum atomic E-state index is 12.7. The van der Waals surface area contributed by atoms with Crippen LogP contribution in [0.4, 0.5) is 11.6 Å². The maximum absolute atomic E-state index is 12.7. The van der Waals surface area contributed by atoms with Gasteiger partial charge >= 0.3 is 0 Å². The molecule has 1 fully saturated rings. The van der Waals surface area contributed by atoms with Crippen molar-refractivity contribution in [1.29, 1.82) is 0 Å². The van der Waals surface area contributed by atoms with Gasteiger partial charge in [0.25, 0.3) is 5.91 Å². The van der Waals surface area contributed by atoms with Crippen molar-refractivity contribution in [2.75, 3.05) is 49.1 Å².